The maximum Gasteiger partial charge on any atom is 0.421 e. The van der Waals surface area contributed by atoms with Gasteiger partial charge in [0.25, 0.3) is 5.56 Å². The van der Waals surface area contributed by atoms with Crippen LogP contribution in [0.3, 0.4) is 0 Å². The molecular formula is C15H11ClF3NO3. The van der Waals surface area contributed by atoms with Gasteiger partial charge < -0.3 is 14.0 Å². The topological polar surface area (TPSA) is 40.5 Å². The zero-order valence-corrected chi connectivity index (χ0v) is 12.4. The van der Waals surface area contributed by atoms with Crippen LogP contribution in [0.4, 0.5) is 13.2 Å². The molecule has 23 heavy (non-hydrogen) atoms. The smallest absolute Gasteiger partial charge is 0.421 e. The summed E-state index contributed by atoms with van der Waals surface area (Å²) in [5.74, 6) is 0.817. The molecule has 1 aromatic heterocycles. The van der Waals surface area contributed by atoms with Crippen molar-refractivity contribution in [1.82, 2.24) is 4.57 Å². The Morgan fingerprint density at radius 1 is 1.22 bits per heavy atom. The van der Waals surface area contributed by atoms with Crippen molar-refractivity contribution >= 4 is 11.6 Å². The van der Waals surface area contributed by atoms with Crippen molar-refractivity contribution in [2.45, 2.75) is 12.7 Å². The summed E-state index contributed by atoms with van der Waals surface area (Å²) in [6.07, 6.45) is -3.40. The highest BCUT2D eigenvalue weighted by Gasteiger charge is 2.34. The Kier molecular flexibility index (Phi) is 3.97. The van der Waals surface area contributed by atoms with Crippen LogP contribution in [0.2, 0.25) is 5.02 Å². The van der Waals surface area contributed by atoms with Gasteiger partial charge in [0.1, 0.15) is 18.8 Å². The molecule has 0 bridgehead atoms. The van der Waals surface area contributed by atoms with Crippen molar-refractivity contribution < 1.29 is 22.6 Å². The number of benzene rings is 1. The van der Waals surface area contributed by atoms with E-state index in [1.165, 1.54) is 12.3 Å². The molecule has 1 aliphatic rings. The number of hydrogen-bond acceptors (Lipinski definition) is 3. The van der Waals surface area contributed by atoms with Crippen molar-refractivity contribution in [3.8, 4) is 11.5 Å². The lowest BCUT2D eigenvalue weighted by Crippen LogP contribution is -2.28. The minimum absolute atomic E-state index is 0.0564. The number of aromatic nitrogens is 1. The average molecular weight is 346 g/mol. The maximum atomic E-state index is 12.8. The second-order valence-electron chi connectivity index (χ2n) is 4.95. The van der Waals surface area contributed by atoms with Crippen molar-refractivity contribution in [3.05, 3.63) is 57.0 Å². The van der Waals surface area contributed by atoms with Gasteiger partial charge >= 0.3 is 6.18 Å². The first-order chi connectivity index (χ1) is 10.9. The third-order valence-electron chi connectivity index (χ3n) is 3.34. The van der Waals surface area contributed by atoms with Crippen LogP contribution in [0.5, 0.6) is 11.5 Å². The van der Waals surface area contributed by atoms with E-state index in [0.29, 0.717) is 30.3 Å². The summed E-state index contributed by atoms with van der Waals surface area (Å²) in [7, 11) is 0. The zero-order chi connectivity index (χ0) is 16.6. The Balaban J connectivity index is 1.97. The Morgan fingerprint density at radius 2 is 1.96 bits per heavy atom. The molecule has 0 N–H and O–H groups in total. The van der Waals surface area contributed by atoms with Gasteiger partial charge in [-0.15, -0.1) is 0 Å². The van der Waals surface area contributed by atoms with E-state index < -0.39 is 17.3 Å². The van der Waals surface area contributed by atoms with Gasteiger partial charge in [-0.05, 0) is 29.8 Å². The van der Waals surface area contributed by atoms with E-state index in [4.69, 9.17) is 21.1 Å². The van der Waals surface area contributed by atoms with Gasteiger partial charge in [0.15, 0.2) is 11.5 Å². The van der Waals surface area contributed by atoms with Crippen molar-refractivity contribution in [1.29, 1.82) is 0 Å². The van der Waals surface area contributed by atoms with Gasteiger partial charge in [0.2, 0.25) is 0 Å². The molecule has 2 heterocycles. The van der Waals surface area contributed by atoms with Crippen LogP contribution < -0.4 is 15.0 Å². The minimum Gasteiger partial charge on any atom is -0.486 e. The Bertz CT molecular complexity index is 802. The first-order valence-electron chi connectivity index (χ1n) is 6.71. The van der Waals surface area contributed by atoms with E-state index >= 15 is 0 Å². The van der Waals surface area contributed by atoms with E-state index in [-0.39, 0.29) is 11.6 Å². The molecule has 0 radical (unpaired) electrons. The number of halogens is 4. The number of fused-ring (bicyclic) bond motifs is 1. The lowest BCUT2D eigenvalue weighted by Gasteiger charge is -2.20. The second kappa shape index (κ2) is 5.81. The highest BCUT2D eigenvalue weighted by molar-refractivity contribution is 6.32. The molecule has 8 heteroatoms. The largest absolute Gasteiger partial charge is 0.486 e. The van der Waals surface area contributed by atoms with Crippen LogP contribution in [-0.4, -0.2) is 17.8 Å². The fourth-order valence-corrected chi connectivity index (χ4v) is 2.62. The first-order valence-corrected chi connectivity index (χ1v) is 7.09. The van der Waals surface area contributed by atoms with Crippen molar-refractivity contribution in [2.75, 3.05) is 13.2 Å². The van der Waals surface area contributed by atoms with Crippen LogP contribution in [0.1, 0.15) is 11.1 Å². The molecule has 1 aliphatic heterocycles. The van der Waals surface area contributed by atoms with Gasteiger partial charge in [0, 0.05) is 6.20 Å². The third kappa shape index (κ3) is 3.14. The number of pyridine rings is 1. The number of alkyl halides is 3. The van der Waals surface area contributed by atoms with E-state index in [1.807, 2.05) is 0 Å². The van der Waals surface area contributed by atoms with Gasteiger partial charge in [-0.1, -0.05) is 11.6 Å². The second-order valence-corrected chi connectivity index (χ2v) is 5.36. The Hall–Kier alpha value is -2.15. The van der Waals surface area contributed by atoms with E-state index in [0.717, 1.165) is 10.6 Å². The number of hydrogen-bond donors (Lipinski definition) is 0. The maximum absolute atomic E-state index is 12.8. The van der Waals surface area contributed by atoms with E-state index in [9.17, 15) is 18.0 Å². The molecule has 1 aromatic carbocycles. The molecule has 2 aromatic rings. The normalized spacial score (nSPS) is 13.9. The van der Waals surface area contributed by atoms with Gasteiger partial charge in [-0.2, -0.15) is 13.2 Å². The van der Waals surface area contributed by atoms with E-state index in [1.54, 1.807) is 12.1 Å². The lowest BCUT2D eigenvalue weighted by molar-refractivity contribution is -0.138. The third-order valence-corrected chi connectivity index (χ3v) is 3.62. The summed E-state index contributed by atoms with van der Waals surface area (Å²) in [5, 5.41) is 0.289. The number of nitrogens with zero attached hydrogens (tertiary/aromatic N) is 1. The van der Waals surface area contributed by atoms with Gasteiger partial charge in [-0.25, -0.2) is 0 Å². The molecule has 0 saturated carbocycles. The Morgan fingerprint density at radius 3 is 2.70 bits per heavy atom. The predicted octanol–water partition coefficient (Wildman–Crippen LogP) is 3.34. The van der Waals surface area contributed by atoms with Crippen molar-refractivity contribution in [3.63, 3.8) is 0 Å². The van der Waals surface area contributed by atoms with Crippen LogP contribution >= 0.6 is 11.6 Å². The number of rotatable bonds is 2. The summed E-state index contributed by atoms with van der Waals surface area (Å²) in [4.78, 5) is 11.9. The highest BCUT2D eigenvalue weighted by Crippen LogP contribution is 2.38. The summed E-state index contributed by atoms with van der Waals surface area (Å²) in [6, 6.07) is 5.09. The summed E-state index contributed by atoms with van der Waals surface area (Å²) >= 11 is 6.08. The molecule has 4 nitrogen and oxygen atoms in total. The zero-order valence-electron chi connectivity index (χ0n) is 11.7. The molecule has 3 rings (SSSR count). The SMILES string of the molecule is O=c1c(C(F)(F)F)cccn1Cc1cc(Cl)c2c(c1)OCCO2. The molecule has 0 fully saturated rings. The Labute approximate surface area is 134 Å². The highest BCUT2D eigenvalue weighted by atomic mass is 35.5. The molecule has 0 saturated heterocycles. The minimum atomic E-state index is -4.69. The van der Waals surface area contributed by atoms with Gasteiger partial charge in [-0.3, -0.25) is 4.79 Å². The molecular weight excluding hydrogens is 335 g/mol. The van der Waals surface area contributed by atoms with Crippen LogP contribution in [-0.2, 0) is 12.7 Å². The summed E-state index contributed by atoms with van der Waals surface area (Å²) in [6.45, 7) is 0.675. The average Bonchev–Trinajstić information content (AvgIpc) is 2.48. The van der Waals surface area contributed by atoms with Crippen molar-refractivity contribution in [2.24, 2.45) is 0 Å². The predicted molar refractivity (Wildman–Crippen MR) is 77.2 cm³/mol. The van der Waals surface area contributed by atoms with Crippen LogP contribution in [0.25, 0.3) is 0 Å². The fraction of sp³-hybridized carbons (Fsp3) is 0.267. The molecule has 0 amide bonds. The number of ether oxygens (including phenoxy) is 2. The lowest BCUT2D eigenvalue weighted by atomic mass is 10.1. The van der Waals surface area contributed by atoms with Crippen LogP contribution in [0, 0.1) is 0 Å². The summed E-state index contributed by atoms with van der Waals surface area (Å²) in [5.41, 5.74) is -1.77. The standard InChI is InChI=1S/C15H11ClF3NO3/c16-11-6-9(7-12-13(11)23-5-4-22-12)8-20-3-1-2-10(14(20)21)15(17,18)19/h1-3,6-7H,4-5,8H2. The van der Waals surface area contributed by atoms with E-state index in [2.05, 4.69) is 0 Å². The molecule has 0 unspecified atom stereocenters. The molecule has 0 atom stereocenters. The van der Waals surface area contributed by atoms with Crippen LogP contribution in [0.15, 0.2) is 35.3 Å². The first kappa shape index (κ1) is 15.7. The molecule has 122 valence electrons. The molecule has 0 aliphatic carbocycles. The monoisotopic (exact) mass is 345 g/mol. The quantitative estimate of drug-likeness (QED) is 0.838. The summed E-state index contributed by atoms with van der Waals surface area (Å²) < 4.78 is 50.1. The fourth-order valence-electron chi connectivity index (χ4n) is 2.33. The molecule has 0 spiro atoms. The van der Waals surface area contributed by atoms with Gasteiger partial charge in [0.05, 0.1) is 11.6 Å².